The van der Waals surface area contributed by atoms with E-state index in [0.29, 0.717) is 19.4 Å². The van der Waals surface area contributed by atoms with Gasteiger partial charge in [0.15, 0.2) is 0 Å². The van der Waals surface area contributed by atoms with Gasteiger partial charge in [-0.3, -0.25) is 9.59 Å². The van der Waals surface area contributed by atoms with E-state index in [1.54, 1.807) is 11.3 Å². The predicted octanol–water partition coefficient (Wildman–Crippen LogP) is 1.35. The third-order valence-corrected chi connectivity index (χ3v) is 4.13. The Labute approximate surface area is 115 Å². The molecule has 5 nitrogen and oxygen atoms in total. The summed E-state index contributed by atoms with van der Waals surface area (Å²) in [7, 11) is 0. The van der Waals surface area contributed by atoms with Crippen LogP contribution in [0.5, 0.6) is 0 Å². The van der Waals surface area contributed by atoms with Crippen molar-refractivity contribution < 1.29 is 19.4 Å². The SMILES string of the molecule is Cc1ccc(CC(=O)NC2(CC(=O)O)CCOC2)s1. The number of rotatable bonds is 5. The summed E-state index contributed by atoms with van der Waals surface area (Å²) in [5.41, 5.74) is -0.741. The number of nitrogens with one attached hydrogen (secondary N) is 1. The normalized spacial score (nSPS) is 22.4. The number of carboxylic acid groups (broad SMARTS) is 1. The van der Waals surface area contributed by atoms with Gasteiger partial charge in [-0.05, 0) is 25.5 Å². The van der Waals surface area contributed by atoms with Crippen LogP contribution in [0, 0.1) is 6.92 Å². The summed E-state index contributed by atoms with van der Waals surface area (Å²) in [5, 5.41) is 11.8. The van der Waals surface area contributed by atoms with Gasteiger partial charge in [0.05, 0.1) is 25.0 Å². The molecule has 0 aromatic carbocycles. The molecule has 2 N–H and O–H groups in total. The number of carboxylic acids is 1. The zero-order valence-electron chi connectivity index (χ0n) is 10.8. The molecule has 104 valence electrons. The van der Waals surface area contributed by atoms with Crippen molar-refractivity contribution >= 4 is 23.2 Å². The van der Waals surface area contributed by atoms with Crippen molar-refractivity contribution in [2.75, 3.05) is 13.2 Å². The van der Waals surface area contributed by atoms with Crippen LogP contribution in [0.4, 0.5) is 0 Å². The van der Waals surface area contributed by atoms with Gasteiger partial charge in [0.2, 0.25) is 5.91 Å². The number of aliphatic carboxylic acids is 1. The van der Waals surface area contributed by atoms with Crippen LogP contribution in [0.1, 0.15) is 22.6 Å². The topological polar surface area (TPSA) is 75.6 Å². The number of ether oxygens (including phenoxy) is 1. The maximum absolute atomic E-state index is 12.0. The first-order valence-electron chi connectivity index (χ1n) is 6.15. The maximum atomic E-state index is 12.0. The highest BCUT2D eigenvalue weighted by Crippen LogP contribution is 2.23. The first-order valence-corrected chi connectivity index (χ1v) is 6.97. The zero-order valence-corrected chi connectivity index (χ0v) is 11.6. The number of thiophene rings is 1. The first-order chi connectivity index (χ1) is 8.99. The van der Waals surface area contributed by atoms with E-state index in [2.05, 4.69) is 5.32 Å². The summed E-state index contributed by atoms with van der Waals surface area (Å²) in [6.07, 6.45) is 0.747. The van der Waals surface area contributed by atoms with Crippen LogP contribution in [-0.2, 0) is 20.7 Å². The number of carbonyl (C=O) groups excluding carboxylic acids is 1. The number of hydrogen-bond acceptors (Lipinski definition) is 4. The predicted molar refractivity (Wildman–Crippen MR) is 71.3 cm³/mol. The molecule has 1 atom stereocenters. The molecule has 1 amide bonds. The minimum Gasteiger partial charge on any atom is -0.481 e. The van der Waals surface area contributed by atoms with Crippen molar-refractivity contribution in [1.82, 2.24) is 5.32 Å². The molecule has 1 unspecified atom stereocenters. The van der Waals surface area contributed by atoms with Crippen LogP contribution in [0.15, 0.2) is 12.1 Å². The second-order valence-corrected chi connectivity index (χ2v) is 6.26. The summed E-state index contributed by atoms with van der Waals surface area (Å²) in [4.78, 5) is 25.1. The van der Waals surface area contributed by atoms with Gasteiger partial charge in [0.1, 0.15) is 0 Å². The van der Waals surface area contributed by atoms with E-state index in [-0.39, 0.29) is 18.9 Å². The fourth-order valence-electron chi connectivity index (χ4n) is 2.26. The maximum Gasteiger partial charge on any atom is 0.305 e. The van der Waals surface area contributed by atoms with Gasteiger partial charge in [-0.1, -0.05) is 0 Å². The lowest BCUT2D eigenvalue weighted by Gasteiger charge is -2.26. The molecule has 0 spiro atoms. The van der Waals surface area contributed by atoms with Crippen LogP contribution < -0.4 is 5.32 Å². The molecular formula is C13H17NO4S. The number of carbonyl (C=O) groups is 2. The summed E-state index contributed by atoms with van der Waals surface area (Å²) < 4.78 is 5.24. The summed E-state index contributed by atoms with van der Waals surface area (Å²) in [5.74, 6) is -1.06. The van der Waals surface area contributed by atoms with Gasteiger partial charge in [0, 0.05) is 16.4 Å². The molecule has 2 heterocycles. The standard InChI is InChI=1S/C13H17NO4S/c1-9-2-3-10(19-9)6-11(15)14-13(7-12(16)17)4-5-18-8-13/h2-3H,4-8H2,1H3,(H,14,15)(H,16,17). The van der Waals surface area contributed by atoms with Crippen LogP contribution in [-0.4, -0.2) is 35.7 Å². The lowest BCUT2D eigenvalue weighted by molar-refractivity contribution is -0.139. The Morgan fingerprint density at radius 3 is 2.84 bits per heavy atom. The molecule has 0 saturated carbocycles. The smallest absolute Gasteiger partial charge is 0.305 e. The lowest BCUT2D eigenvalue weighted by Crippen LogP contribution is -2.50. The second kappa shape index (κ2) is 5.71. The second-order valence-electron chi connectivity index (χ2n) is 4.89. The van der Waals surface area contributed by atoms with Crippen molar-refractivity contribution in [1.29, 1.82) is 0 Å². The lowest BCUT2D eigenvalue weighted by atomic mass is 9.94. The van der Waals surface area contributed by atoms with Crippen LogP contribution >= 0.6 is 11.3 Å². The molecule has 0 radical (unpaired) electrons. The van der Waals surface area contributed by atoms with Gasteiger partial charge >= 0.3 is 5.97 Å². The van der Waals surface area contributed by atoms with E-state index < -0.39 is 11.5 Å². The average Bonchev–Trinajstić information content (AvgIpc) is 2.87. The molecule has 1 aromatic heterocycles. The summed E-state index contributed by atoms with van der Waals surface area (Å²) >= 11 is 1.58. The molecule has 19 heavy (non-hydrogen) atoms. The minimum absolute atomic E-state index is 0.0950. The number of hydrogen-bond donors (Lipinski definition) is 2. The van der Waals surface area contributed by atoms with E-state index in [9.17, 15) is 9.59 Å². The Morgan fingerprint density at radius 2 is 2.32 bits per heavy atom. The average molecular weight is 283 g/mol. The van der Waals surface area contributed by atoms with Crippen molar-refractivity contribution in [3.8, 4) is 0 Å². The van der Waals surface area contributed by atoms with Gasteiger partial charge in [-0.15, -0.1) is 11.3 Å². The number of amides is 1. The Bertz CT molecular complexity index is 477. The highest BCUT2D eigenvalue weighted by Gasteiger charge is 2.38. The van der Waals surface area contributed by atoms with E-state index in [0.717, 1.165) is 9.75 Å². The quantitative estimate of drug-likeness (QED) is 0.855. The molecule has 1 aliphatic rings. The Balaban J connectivity index is 1.97. The van der Waals surface area contributed by atoms with Crippen molar-refractivity contribution in [2.24, 2.45) is 0 Å². The van der Waals surface area contributed by atoms with Crippen molar-refractivity contribution in [2.45, 2.75) is 31.7 Å². The molecule has 1 aromatic rings. The van der Waals surface area contributed by atoms with Crippen molar-refractivity contribution in [3.05, 3.63) is 21.9 Å². The third-order valence-electron chi connectivity index (χ3n) is 3.13. The van der Waals surface area contributed by atoms with Gasteiger partial charge in [-0.25, -0.2) is 0 Å². The van der Waals surface area contributed by atoms with E-state index in [1.165, 1.54) is 0 Å². The van der Waals surface area contributed by atoms with Gasteiger partial charge in [-0.2, -0.15) is 0 Å². The monoisotopic (exact) mass is 283 g/mol. The van der Waals surface area contributed by atoms with Gasteiger partial charge in [0.25, 0.3) is 0 Å². The highest BCUT2D eigenvalue weighted by molar-refractivity contribution is 7.12. The number of aryl methyl sites for hydroxylation is 1. The molecule has 1 aliphatic heterocycles. The fraction of sp³-hybridized carbons (Fsp3) is 0.538. The van der Waals surface area contributed by atoms with Crippen LogP contribution in [0.2, 0.25) is 0 Å². The molecule has 1 saturated heterocycles. The highest BCUT2D eigenvalue weighted by atomic mass is 32.1. The van der Waals surface area contributed by atoms with Crippen LogP contribution in [0.25, 0.3) is 0 Å². The molecule has 1 fully saturated rings. The first kappa shape index (κ1) is 14.0. The zero-order chi connectivity index (χ0) is 13.9. The van der Waals surface area contributed by atoms with Gasteiger partial charge < -0.3 is 15.2 Å². The third kappa shape index (κ3) is 3.78. The van der Waals surface area contributed by atoms with E-state index >= 15 is 0 Å². The molecular weight excluding hydrogens is 266 g/mol. The van der Waals surface area contributed by atoms with Crippen LogP contribution in [0.3, 0.4) is 0 Å². The Morgan fingerprint density at radius 1 is 1.53 bits per heavy atom. The molecule has 6 heteroatoms. The Kier molecular flexibility index (Phi) is 4.21. The minimum atomic E-state index is -0.919. The van der Waals surface area contributed by atoms with E-state index in [1.807, 2.05) is 19.1 Å². The Hall–Kier alpha value is -1.40. The molecule has 0 bridgehead atoms. The fourth-order valence-corrected chi connectivity index (χ4v) is 3.15. The molecule has 2 rings (SSSR count). The largest absolute Gasteiger partial charge is 0.481 e. The molecule has 0 aliphatic carbocycles. The van der Waals surface area contributed by atoms with Crippen molar-refractivity contribution in [3.63, 3.8) is 0 Å². The summed E-state index contributed by atoms with van der Waals surface area (Å²) in [6, 6.07) is 3.90. The summed E-state index contributed by atoms with van der Waals surface area (Å²) in [6.45, 7) is 2.75. The van der Waals surface area contributed by atoms with E-state index in [4.69, 9.17) is 9.84 Å².